The fourth-order valence-corrected chi connectivity index (χ4v) is 2.54. The molecule has 0 saturated carbocycles. The summed E-state index contributed by atoms with van der Waals surface area (Å²) in [6.07, 6.45) is 1.09. The van der Waals surface area contributed by atoms with Gasteiger partial charge in [-0.2, -0.15) is 0 Å². The Hall–Kier alpha value is -1.02. The molecule has 0 spiro atoms. The molecule has 0 fully saturated rings. The maximum atomic E-state index is 6.28. The Morgan fingerprint density at radius 2 is 1.50 bits per heavy atom. The largest absolute Gasteiger partial charge is 0.320 e. The molecule has 3 heteroatoms. The summed E-state index contributed by atoms with van der Waals surface area (Å²) < 4.78 is 0. The summed E-state index contributed by atoms with van der Waals surface area (Å²) in [5.74, 6) is 0.657. The maximum Gasteiger partial charge on any atom is 0.0595 e. The minimum Gasteiger partial charge on any atom is -0.320 e. The molecule has 0 saturated heterocycles. The van der Waals surface area contributed by atoms with Crippen LogP contribution in [0.4, 0.5) is 0 Å². The van der Waals surface area contributed by atoms with Crippen LogP contribution in [0.5, 0.6) is 0 Å². The van der Waals surface area contributed by atoms with Gasteiger partial charge < -0.3 is 5.73 Å². The van der Waals surface area contributed by atoms with E-state index in [0.717, 1.165) is 17.5 Å². The first-order valence-corrected chi connectivity index (χ1v) is 7.52. The summed E-state index contributed by atoms with van der Waals surface area (Å²) in [6.45, 7) is 4.44. The van der Waals surface area contributed by atoms with Crippen molar-refractivity contribution in [1.82, 2.24) is 0 Å². The van der Waals surface area contributed by atoms with E-state index in [9.17, 15) is 0 Å². The Morgan fingerprint density at radius 3 is 2.05 bits per heavy atom. The third-order valence-electron chi connectivity index (χ3n) is 3.29. The highest BCUT2D eigenvalue weighted by atomic mass is 35.5. The van der Waals surface area contributed by atoms with E-state index in [1.807, 2.05) is 12.1 Å². The zero-order valence-electron chi connectivity index (χ0n) is 11.7. The van der Waals surface area contributed by atoms with Gasteiger partial charge in [-0.3, -0.25) is 0 Å². The lowest BCUT2D eigenvalue weighted by Gasteiger charge is -2.14. The Kier molecular flexibility index (Phi) is 5.09. The highest BCUT2D eigenvalue weighted by molar-refractivity contribution is 6.42. The zero-order chi connectivity index (χ0) is 14.7. The first-order chi connectivity index (χ1) is 9.47. The molecule has 2 aromatic rings. The van der Waals surface area contributed by atoms with Crippen molar-refractivity contribution in [2.75, 3.05) is 0 Å². The Bertz CT molecular complexity index is 576. The molecule has 1 atom stereocenters. The van der Waals surface area contributed by atoms with E-state index in [-0.39, 0.29) is 6.04 Å². The van der Waals surface area contributed by atoms with E-state index in [2.05, 4.69) is 38.1 Å². The standard InChI is InChI=1S/C17H19Cl2N/c1-11(2)9-12-3-5-13(6-4-12)17(20)14-7-8-15(18)16(19)10-14/h3-8,10-11,17H,9,20H2,1-2H3. The molecule has 0 aromatic heterocycles. The van der Waals surface area contributed by atoms with Gasteiger partial charge in [0.2, 0.25) is 0 Å². The highest BCUT2D eigenvalue weighted by Gasteiger charge is 2.10. The number of hydrogen-bond acceptors (Lipinski definition) is 1. The number of hydrogen-bond donors (Lipinski definition) is 1. The Balaban J connectivity index is 2.20. The molecule has 2 rings (SSSR count). The van der Waals surface area contributed by atoms with Gasteiger partial charge in [0.25, 0.3) is 0 Å². The molecular weight excluding hydrogens is 289 g/mol. The molecule has 0 bridgehead atoms. The van der Waals surface area contributed by atoms with Crippen LogP contribution in [0.1, 0.15) is 36.6 Å². The predicted octanol–water partition coefficient (Wildman–Crippen LogP) is 5.24. The van der Waals surface area contributed by atoms with Crippen molar-refractivity contribution in [3.8, 4) is 0 Å². The lowest BCUT2D eigenvalue weighted by Crippen LogP contribution is -2.11. The zero-order valence-corrected chi connectivity index (χ0v) is 13.2. The van der Waals surface area contributed by atoms with E-state index in [4.69, 9.17) is 28.9 Å². The summed E-state index contributed by atoms with van der Waals surface area (Å²) >= 11 is 12.0. The molecule has 2 N–H and O–H groups in total. The summed E-state index contributed by atoms with van der Waals surface area (Å²) in [5, 5.41) is 1.09. The quantitative estimate of drug-likeness (QED) is 0.821. The van der Waals surface area contributed by atoms with Gasteiger partial charge in [-0.15, -0.1) is 0 Å². The minimum atomic E-state index is -0.183. The average Bonchev–Trinajstić information content (AvgIpc) is 2.41. The topological polar surface area (TPSA) is 26.0 Å². The van der Waals surface area contributed by atoms with E-state index in [1.54, 1.807) is 6.07 Å². The average molecular weight is 308 g/mol. The minimum absolute atomic E-state index is 0.183. The summed E-state index contributed by atoms with van der Waals surface area (Å²) in [5.41, 5.74) is 9.67. The van der Waals surface area contributed by atoms with Gasteiger partial charge in [0.1, 0.15) is 0 Å². The number of nitrogens with two attached hydrogens (primary N) is 1. The van der Waals surface area contributed by atoms with Crippen molar-refractivity contribution in [3.05, 3.63) is 69.2 Å². The second-order valence-electron chi connectivity index (χ2n) is 5.49. The van der Waals surface area contributed by atoms with Gasteiger partial charge in [-0.25, -0.2) is 0 Å². The number of halogens is 2. The predicted molar refractivity (Wildman–Crippen MR) is 87.5 cm³/mol. The second-order valence-corrected chi connectivity index (χ2v) is 6.31. The molecule has 0 radical (unpaired) electrons. The maximum absolute atomic E-state index is 6.28. The monoisotopic (exact) mass is 307 g/mol. The molecule has 20 heavy (non-hydrogen) atoms. The van der Waals surface area contributed by atoms with Gasteiger partial charge in [0.05, 0.1) is 16.1 Å². The van der Waals surface area contributed by atoms with Crippen LogP contribution in [0.25, 0.3) is 0 Å². The van der Waals surface area contributed by atoms with Crippen molar-refractivity contribution >= 4 is 23.2 Å². The van der Waals surface area contributed by atoms with Crippen molar-refractivity contribution in [3.63, 3.8) is 0 Å². The fourth-order valence-electron chi connectivity index (χ4n) is 2.23. The third-order valence-corrected chi connectivity index (χ3v) is 4.02. The molecule has 2 aromatic carbocycles. The molecular formula is C17H19Cl2N. The lowest BCUT2D eigenvalue weighted by atomic mass is 9.96. The van der Waals surface area contributed by atoms with E-state index in [1.165, 1.54) is 5.56 Å². The van der Waals surface area contributed by atoms with Crippen LogP contribution in [-0.4, -0.2) is 0 Å². The molecule has 0 heterocycles. The summed E-state index contributed by atoms with van der Waals surface area (Å²) in [4.78, 5) is 0. The highest BCUT2D eigenvalue weighted by Crippen LogP contribution is 2.27. The first kappa shape index (κ1) is 15.4. The molecule has 1 unspecified atom stereocenters. The molecule has 1 nitrogen and oxygen atoms in total. The van der Waals surface area contributed by atoms with Crippen LogP contribution >= 0.6 is 23.2 Å². The fraction of sp³-hybridized carbons (Fsp3) is 0.294. The van der Waals surface area contributed by atoms with E-state index < -0.39 is 0 Å². The third kappa shape index (κ3) is 3.76. The smallest absolute Gasteiger partial charge is 0.0595 e. The van der Waals surface area contributed by atoms with Crippen LogP contribution in [0.15, 0.2) is 42.5 Å². The van der Waals surface area contributed by atoms with Crippen molar-refractivity contribution in [2.45, 2.75) is 26.3 Å². The van der Waals surface area contributed by atoms with Gasteiger partial charge >= 0.3 is 0 Å². The van der Waals surface area contributed by atoms with Crippen LogP contribution in [0.2, 0.25) is 10.0 Å². The first-order valence-electron chi connectivity index (χ1n) is 6.76. The van der Waals surface area contributed by atoms with Crippen molar-refractivity contribution in [2.24, 2.45) is 11.7 Å². The van der Waals surface area contributed by atoms with Gasteiger partial charge in [-0.05, 0) is 41.2 Å². The van der Waals surface area contributed by atoms with Crippen LogP contribution in [0, 0.1) is 5.92 Å². The molecule has 0 amide bonds. The van der Waals surface area contributed by atoms with Crippen molar-refractivity contribution in [1.29, 1.82) is 0 Å². The van der Waals surface area contributed by atoms with Crippen LogP contribution in [-0.2, 0) is 6.42 Å². The second kappa shape index (κ2) is 6.62. The lowest BCUT2D eigenvalue weighted by molar-refractivity contribution is 0.647. The number of rotatable bonds is 4. The molecule has 0 aliphatic carbocycles. The van der Waals surface area contributed by atoms with E-state index in [0.29, 0.717) is 16.0 Å². The molecule has 0 aliphatic rings. The van der Waals surface area contributed by atoms with Gasteiger partial charge in [0, 0.05) is 0 Å². The summed E-state index contributed by atoms with van der Waals surface area (Å²) in [7, 11) is 0. The Morgan fingerprint density at radius 1 is 0.900 bits per heavy atom. The van der Waals surface area contributed by atoms with Crippen molar-refractivity contribution < 1.29 is 0 Å². The van der Waals surface area contributed by atoms with Gasteiger partial charge in [0.15, 0.2) is 0 Å². The van der Waals surface area contributed by atoms with E-state index >= 15 is 0 Å². The normalized spacial score (nSPS) is 12.7. The summed E-state index contributed by atoms with van der Waals surface area (Å²) in [6, 6.07) is 13.8. The van der Waals surface area contributed by atoms with Gasteiger partial charge in [-0.1, -0.05) is 67.4 Å². The molecule has 0 aliphatic heterocycles. The SMILES string of the molecule is CC(C)Cc1ccc(C(N)c2ccc(Cl)c(Cl)c2)cc1. The van der Waals surface area contributed by atoms with Crippen LogP contribution in [0.3, 0.4) is 0 Å². The van der Waals surface area contributed by atoms with Crippen LogP contribution < -0.4 is 5.73 Å². The molecule has 106 valence electrons. The Labute approximate surface area is 130 Å². The number of benzene rings is 2.